The number of nitrogens with zero attached hydrogens (tertiary/aromatic N) is 1. The second-order valence-electron chi connectivity index (χ2n) is 5.07. The van der Waals surface area contributed by atoms with Crippen LogP contribution >= 0.6 is 0 Å². The number of hydrogen-bond donors (Lipinski definition) is 1. The van der Waals surface area contributed by atoms with Crippen LogP contribution in [0, 0.1) is 0 Å². The molecule has 2 aromatic carbocycles. The van der Waals surface area contributed by atoms with Gasteiger partial charge in [-0.3, -0.25) is 4.79 Å². The normalized spacial score (nSPS) is 10.3. The van der Waals surface area contributed by atoms with E-state index in [1.807, 2.05) is 30.3 Å². The average molecular weight is 304 g/mol. The molecule has 0 aliphatic heterocycles. The first kappa shape index (κ1) is 14.8. The van der Waals surface area contributed by atoms with Gasteiger partial charge < -0.3 is 10.5 Å². The van der Waals surface area contributed by atoms with E-state index in [4.69, 9.17) is 10.5 Å². The third-order valence-corrected chi connectivity index (χ3v) is 3.63. The Hall–Kier alpha value is -3.14. The van der Waals surface area contributed by atoms with Crippen molar-refractivity contribution in [3.8, 4) is 16.9 Å². The molecule has 0 unspecified atom stereocenters. The van der Waals surface area contributed by atoms with Crippen LogP contribution in [0.3, 0.4) is 0 Å². The van der Waals surface area contributed by atoms with Gasteiger partial charge >= 0.3 is 0 Å². The Morgan fingerprint density at radius 3 is 2.48 bits per heavy atom. The second kappa shape index (κ2) is 6.32. The van der Waals surface area contributed by atoms with E-state index < -0.39 is 0 Å². The Morgan fingerprint density at radius 1 is 1.00 bits per heavy atom. The van der Waals surface area contributed by atoms with Crippen LogP contribution in [0.5, 0.6) is 5.75 Å². The highest BCUT2D eigenvalue weighted by Crippen LogP contribution is 2.25. The molecule has 0 aliphatic rings. The lowest BCUT2D eigenvalue weighted by molar-refractivity contribution is 0.103. The Morgan fingerprint density at radius 2 is 1.78 bits per heavy atom. The Balaban J connectivity index is 1.90. The molecule has 0 spiro atoms. The van der Waals surface area contributed by atoms with Gasteiger partial charge in [0.2, 0.25) is 0 Å². The average Bonchev–Trinajstić information content (AvgIpc) is 2.62. The van der Waals surface area contributed by atoms with Crippen molar-refractivity contribution >= 4 is 11.6 Å². The molecule has 0 atom stereocenters. The summed E-state index contributed by atoms with van der Waals surface area (Å²) < 4.78 is 5.16. The lowest BCUT2D eigenvalue weighted by Gasteiger charge is -2.07. The third-order valence-electron chi connectivity index (χ3n) is 3.63. The molecule has 0 saturated heterocycles. The van der Waals surface area contributed by atoms with Crippen LogP contribution in [0.1, 0.15) is 15.9 Å². The summed E-state index contributed by atoms with van der Waals surface area (Å²) >= 11 is 0. The molecule has 4 nitrogen and oxygen atoms in total. The first-order chi connectivity index (χ1) is 11.2. The molecule has 3 rings (SSSR count). The smallest absolute Gasteiger partial charge is 0.193 e. The highest BCUT2D eigenvalue weighted by molar-refractivity contribution is 6.09. The molecule has 0 bridgehead atoms. The summed E-state index contributed by atoms with van der Waals surface area (Å²) in [6.45, 7) is 0. The van der Waals surface area contributed by atoms with Crippen LogP contribution < -0.4 is 10.5 Å². The van der Waals surface area contributed by atoms with Gasteiger partial charge in [-0.1, -0.05) is 36.4 Å². The van der Waals surface area contributed by atoms with Gasteiger partial charge in [-0.05, 0) is 29.8 Å². The Kier molecular flexibility index (Phi) is 4.06. The van der Waals surface area contributed by atoms with Gasteiger partial charge in [-0.2, -0.15) is 0 Å². The monoisotopic (exact) mass is 304 g/mol. The summed E-state index contributed by atoms with van der Waals surface area (Å²) in [7, 11) is 1.58. The van der Waals surface area contributed by atoms with Crippen molar-refractivity contribution in [2.24, 2.45) is 0 Å². The minimum absolute atomic E-state index is 0.0467. The number of anilines is 1. The summed E-state index contributed by atoms with van der Waals surface area (Å²) in [4.78, 5) is 16.6. The van der Waals surface area contributed by atoms with Crippen molar-refractivity contribution in [2.75, 3.05) is 12.8 Å². The number of hydrogen-bond acceptors (Lipinski definition) is 4. The number of rotatable bonds is 4. The van der Waals surface area contributed by atoms with Crippen molar-refractivity contribution in [2.45, 2.75) is 0 Å². The van der Waals surface area contributed by atoms with Gasteiger partial charge in [0.25, 0.3) is 0 Å². The number of carbonyl (C=O) groups is 1. The number of methoxy groups -OCH3 is 1. The van der Waals surface area contributed by atoms with Crippen molar-refractivity contribution in [1.82, 2.24) is 4.98 Å². The molecular formula is C19H16N2O2. The van der Waals surface area contributed by atoms with Crippen LogP contribution in [-0.4, -0.2) is 17.9 Å². The number of benzene rings is 2. The largest absolute Gasteiger partial charge is 0.497 e. The van der Waals surface area contributed by atoms with Crippen molar-refractivity contribution < 1.29 is 9.53 Å². The van der Waals surface area contributed by atoms with Crippen LogP contribution in [0.4, 0.5) is 5.82 Å². The number of ether oxygens (including phenoxy) is 1. The van der Waals surface area contributed by atoms with Crippen LogP contribution in [0.25, 0.3) is 11.1 Å². The van der Waals surface area contributed by atoms with Crippen LogP contribution in [-0.2, 0) is 0 Å². The number of carbonyl (C=O) groups excluding carboxylic acids is 1. The molecule has 0 aliphatic carbocycles. The summed E-state index contributed by atoms with van der Waals surface area (Å²) in [5.41, 5.74) is 8.88. The maximum Gasteiger partial charge on any atom is 0.193 e. The zero-order valence-corrected chi connectivity index (χ0v) is 12.7. The summed E-state index contributed by atoms with van der Waals surface area (Å²) in [6.07, 6.45) is 1.65. The molecule has 0 amide bonds. The third kappa shape index (κ3) is 3.06. The fourth-order valence-electron chi connectivity index (χ4n) is 2.39. The molecule has 0 saturated carbocycles. The van der Waals surface area contributed by atoms with E-state index in [9.17, 15) is 4.79 Å². The minimum atomic E-state index is -0.0467. The molecule has 0 radical (unpaired) electrons. The number of nitrogen functional groups attached to an aromatic ring is 1. The molecule has 114 valence electrons. The predicted octanol–water partition coefficient (Wildman–Crippen LogP) is 3.57. The molecule has 3 aromatic rings. The fraction of sp³-hybridized carbons (Fsp3) is 0.0526. The van der Waals surface area contributed by atoms with Crippen molar-refractivity contribution in [3.63, 3.8) is 0 Å². The number of ketones is 1. The van der Waals surface area contributed by atoms with E-state index in [1.54, 1.807) is 43.6 Å². The molecular weight excluding hydrogens is 288 g/mol. The van der Waals surface area contributed by atoms with Gasteiger partial charge in [0, 0.05) is 22.9 Å². The second-order valence-corrected chi connectivity index (χ2v) is 5.07. The van der Waals surface area contributed by atoms with Gasteiger partial charge in [0.15, 0.2) is 5.78 Å². The Labute approximate surface area is 134 Å². The van der Waals surface area contributed by atoms with Crippen molar-refractivity contribution in [3.05, 3.63) is 78.0 Å². The maximum absolute atomic E-state index is 12.5. The molecule has 2 N–H and O–H groups in total. The van der Waals surface area contributed by atoms with Gasteiger partial charge in [-0.25, -0.2) is 4.98 Å². The first-order valence-electron chi connectivity index (χ1n) is 7.19. The van der Waals surface area contributed by atoms with E-state index in [-0.39, 0.29) is 5.78 Å². The molecule has 1 aromatic heterocycles. The summed E-state index contributed by atoms with van der Waals surface area (Å²) in [5, 5.41) is 0. The first-order valence-corrected chi connectivity index (χ1v) is 7.19. The topological polar surface area (TPSA) is 65.2 Å². The highest BCUT2D eigenvalue weighted by Gasteiger charge is 2.11. The van der Waals surface area contributed by atoms with Crippen molar-refractivity contribution in [1.29, 1.82) is 0 Å². The van der Waals surface area contributed by atoms with E-state index in [1.165, 1.54) is 0 Å². The van der Waals surface area contributed by atoms with E-state index >= 15 is 0 Å². The molecule has 0 fully saturated rings. The molecule has 1 heterocycles. The number of nitrogens with two attached hydrogens (primary N) is 1. The number of pyridine rings is 1. The van der Waals surface area contributed by atoms with Gasteiger partial charge in [0.05, 0.1) is 7.11 Å². The quantitative estimate of drug-likeness (QED) is 0.748. The Bertz CT molecular complexity index is 842. The number of aromatic nitrogens is 1. The van der Waals surface area contributed by atoms with Crippen LogP contribution in [0.15, 0.2) is 66.9 Å². The lowest BCUT2D eigenvalue weighted by atomic mass is 9.99. The minimum Gasteiger partial charge on any atom is -0.497 e. The van der Waals surface area contributed by atoms with E-state index in [0.717, 1.165) is 11.1 Å². The standard InChI is InChI=1S/C19H16N2O2/c1-23-16-5-2-4-15(12-16)18(22)14-9-7-13(8-10-14)17-6-3-11-21-19(17)20/h2-12H,1H3,(H2,20,21). The van der Waals surface area contributed by atoms with Gasteiger partial charge in [0.1, 0.15) is 11.6 Å². The van der Waals surface area contributed by atoms with Gasteiger partial charge in [-0.15, -0.1) is 0 Å². The van der Waals surface area contributed by atoms with E-state index in [2.05, 4.69) is 4.98 Å². The zero-order chi connectivity index (χ0) is 16.2. The molecule has 4 heteroatoms. The SMILES string of the molecule is COc1cccc(C(=O)c2ccc(-c3cccnc3N)cc2)c1. The maximum atomic E-state index is 12.5. The fourth-order valence-corrected chi connectivity index (χ4v) is 2.39. The highest BCUT2D eigenvalue weighted by atomic mass is 16.5. The summed E-state index contributed by atoms with van der Waals surface area (Å²) in [5.74, 6) is 1.09. The molecule has 23 heavy (non-hydrogen) atoms. The summed E-state index contributed by atoms with van der Waals surface area (Å²) in [6, 6.07) is 18.2. The predicted molar refractivity (Wildman–Crippen MR) is 90.5 cm³/mol. The van der Waals surface area contributed by atoms with Crippen LogP contribution in [0.2, 0.25) is 0 Å². The lowest BCUT2D eigenvalue weighted by Crippen LogP contribution is -2.01. The van der Waals surface area contributed by atoms with E-state index in [0.29, 0.717) is 22.7 Å². The zero-order valence-electron chi connectivity index (χ0n) is 12.7.